The fourth-order valence-corrected chi connectivity index (χ4v) is 6.72. The molecule has 39 heavy (non-hydrogen) atoms. The molecule has 1 atom stereocenters. The first kappa shape index (κ1) is 25.8. The molecule has 0 aliphatic carbocycles. The molecule has 1 aromatic carbocycles. The Kier molecular flexibility index (Phi) is 6.38. The van der Waals surface area contributed by atoms with Crippen molar-refractivity contribution in [2.45, 2.75) is 64.1 Å². The quantitative estimate of drug-likeness (QED) is 0.221. The van der Waals surface area contributed by atoms with E-state index in [0.29, 0.717) is 19.8 Å². The molecule has 5 heterocycles. The molecule has 1 saturated heterocycles. The van der Waals surface area contributed by atoms with Crippen molar-refractivity contribution in [3.63, 3.8) is 0 Å². The third kappa shape index (κ3) is 4.89. The van der Waals surface area contributed by atoms with Crippen LogP contribution in [0.4, 0.5) is 4.79 Å². The van der Waals surface area contributed by atoms with Gasteiger partial charge in [0.05, 0.1) is 5.69 Å². The van der Waals surface area contributed by atoms with Crippen molar-refractivity contribution in [3.05, 3.63) is 60.0 Å². The highest BCUT2D eigenvalue weighted by atomic mass is 28.3. The zero-order valence-electron chi connectivity index (χ0n) is 23.3. The number of hydrogen-bond acceptors (Lipinski definition) is 4. The zero-order chi connectivity index (χ0) is 27.4. The van der Waals surface area contributed by atoms with Crippen molar-refractivity contribution in [2.24, 2.45) is 0 Å². The third-order valence-electron chi connectivity index (χ3n) is 8.35. The summed E-state index contributed by atoms with van der Waals surface area (Å²) in [6.45, 7) is 12.4. The maximum Gasteiger partial charge on any atom is 0.407 e. The van der Waals surface area contributed by atoms with Crippen molar-refractivity contribution >= 4 is 25.2 Å². The number of benzene rings is 1. The number of aryl methyl sites for hydroxylation is 2. The van der Waals surface area contributed by atoms with Gasteiger partial charge in [0, 0.05) is 74.3 Å². The largest absolute Gasteiger partial charge is 0.465 e. The van der Waals surface area contributed by atoms with Gasteiger partial charge in [-0.05, 0) is 43.5 Å². The highest BCUT2D eigenvalue weighted by Crippen LogP contribution is 2.44. The maximum absolute atomic E-state index is 11.6. The lowest BCUT2D eigenvalue weighted by Crippen LogP contribution is -2.32. The van der Waals surface area contributed by atoms with E-state index in [1.807, 2.05) is 6.20 Å². The number of rotatable bonds is 7. The van der Waals surface area contributed by atoms with Gasteiger partial charge in [0.25, 0.3) is 0 Å². The van der Waals surface area contributed by atoms with Crippen molar-refractivity contribution in [2.75, 3.05) is 19.7 Å². The number of fused-ring (bicyclic) bond motifs is 3. The molecule has 1 amide bonds. The molecule has 0 saturated carbocycles. The summed E-state index contributed by atoms with van der Waals surface area (Å²) >= 11 is 0. The molecule has 1 spiro atoms. The molecule has 6 rings (SSSR count). The molecular formula is C30H37N5O3Si. The fourth-order valence-electron chi connectivity index (χ4n) is 5.97. The van der Waals surface area contributed by atoms with Gasteiger partial charge in [-0.1, -0.05) is 49.5 Å². The van der Waals surface area contributed by atoms with Crippen LogP contribution in [0, 0.1) is 6.92 Å². The highest BCUT2D eigenvalue weighted by molar-refractivity contribution is 6.76. The Labute approximate surface area is 230 Å². The lowest BCUT2D eigenvalue weighted by atomic mass is 9.82. The Bertz CT molecular complexity index is 1530. The first-order chi connectivity index (χ1) is 18.6. The van der Waals surface area contributed by atoms with Crippen LogP contribution in [0.2, 0.25) is 25.7 Å². The van der Waals surface area contributed by atoms with Gasteiger partial charge in [-0.15, -0.1) is 0 Å². The third-order valence-corrected chi connectivity index (χ3v) is 10.1. The van der Waals surface area contributed by atoms with E-state index in [2.05, 4.69) is 78.4 Å². The normalized spacial score (nSPS) is 18.9. The lowest BCUT2D eigenvalue weighted by Gasteiger charge is -2.21. The summed E-state index contributed by atoms with van der Waals surface area (Å²) in [6, 6.07) is 14.1. The van der Waals surface area contributed by atoms with Gasteiger partial charge in [0.15, 0.2) is 0 Å². The first-order valence-corrected chi connectivity index (χ1v) is 17.5. The van der Waals surface area contributed by atoms with Crippen LogP contribution in [0.5, 0.6) is 0 Å². The minimum absolute atomic E-state index is 0.134. The van der Waals surface area contributed by atoms with Crippen LogP contribution in [-0.4, -0.2) is 63.2 Å². The van der Waals surface area contributed by atoms with Gasteiger partial charge in [-0.25, -0.2) is 9.78 Å². The van der Waals surface area contributed by atoms with E-state index < -0.39 is 14.2 Å². The molecule has 0 radical (unpaired) electrons. The molecule has 4 aromatic rings. The van der Waals surface area contributed by atoms with Crippen LogP contribution in [0.3, 0.4) is 0 Å². The number of nitrogens with zero attached hydrogens (tertiary/aromatic N) is 5. The summed E-state index contributed by atoms with van der Waals surface area (Å²) in [7, 11) is -1.16. The van der Waals surface area contributed by atoms with Gasteiger partial charge in [-0.3, -0.25) is 4.68 Å². The summed E-state index contributed by atoms with van der Waals surface area (Å²) in [6.07, 6.45) is 5.01. The fraction of sp³-hybridized carbons (Fsp3) is 0.433. The molecule has 204 valence electrons. The average Bonchev–Trinajstić information content (AvgIpc) is 3.66. The second-order valence-corrected chi connectivity index (χ2v) is 18.1. The van der Waals surface area contributed by atoms with Crippen LogP contribution in [0.1, 0.15) is 24.1 Å². The number of carbonyl (C=O) groups is 1. The highest BCUT2D eigenvalue weighted by Gasteiger charge is 2.47. The Morgan fingerprint density at radius 2 is 1.87 bits per heavy atom. The van der Waals surface area contributed by atoms with Gasteiger partial charge < -0.3 is 19.3 Å². The Hall–Kier alpha value is -3.43. The average molecular weight is 544 g/mol. The predicted octanol–water partition coefficient (Wildman–Crippen LogP) is 6.21. The number of amides is 1. The summed E-state index contributed by atoms with van der Waals surface area (Å²) in [4.78, 5) is 18.0. The van der Waals surface area contributed by atoms with Crippen molar-refractivity contribution in [1.82, 2.24) is 24.2 Å². The number of ether oxygens (including phenoxy) is 1. The van der Waals surface area contributed by atoms with Gasteiger partial charge in [-0.2, -0.15) is 5.10 Å². The molecule has 0 bridgehead atoms. The van der Waals surface area contributed by atoms with E-state index in [1.54, 1.807) is 0 Å². The van der Waals surface area contributed by atoms with E-state index in [-0.39, 0.29) is 5.41 Å². The predicted molar refractivity (Wildman–Crippen MR) is 156 cm³/mol. The molecule has 2 aliphatic heterocycles. The first-order valence-electron chi connectivity index (χ1n) is 13.8. The molecule has 2 aliphatic rings. The molecule has 9 heteroatoms. The van der Waals surface area contributed by atoms with E-state index in [1.165, 1.54) is 10.5 Å². The minimum atomic E-state index is -1.16. The number of pyridine rings is 1. The Balaban J connectivity index is 1.35. The van der Waals surface area contributed by atoms with Gasteiger partial charge >= 0.3 is 6.09 Å². The van der Waals surface area contributed by atoms with E-state index in [0.717, 1.165) is 71.1 Å². The Morgan fingerprint density at radius 1 is 1.10 bits per heavy atom. The molecule has 1 fully saturated rings. The van der Waals surface area contributed by atoms with Gasteiger partial charge in [0.1, 0.15) is 12.4 Å². The molecule has 1 unspecified atom stereocenters. The van der Waals surface area contributed by atoms with E-state index >= 15 is 0 Å². The van der Waals surface area contributed by atoms with Crippen LogP contribution in [-0.2, 0) is 23.4 Å². The van der Waals surface area contributed by atoms with Crippen LogP contribution in [0.25, 0.3) is 33.4 Å². The van der Waals surface area contributed by atoms with Crippen LogP contribution < -0.4 is 0 Å². The van der Waals surface area contributed by atoms with Crippen molar-refractivity contribution < 1.29 is 14.6 Å². The molecule has 1 N–H and O–H groups in total. The van der Waals surface area contributed by atoms with Crippen LogP contribution >= 0.6 is 0 Å². The topological polar surface area (TPSA) is 85.4 Å². The van der Waals surface area contributed by atoms with Crippen LogP contribution in [0.15, 0.2) is 48.8 Å². The monoisotopic (exact) mass is 543 g/mol. The summed E-state index contributed by atoms with van der Waals surface area (Å²) in [5.74, 6) is 0. The van der Waals surface area contributed by atoms with E-state index in [4.69, 9.17) is 14.8 Å². The smallest absolute Gasteiger partial charge is 0.407 e. The zero-order valence-corrected chi connectivity index (χ0v) is 24.3. The second-order valence-electron chi connectivity index (χ2n) is 12.4. The molecular weight excluding hydrogens is 506 g/mol. The number of likely N-dealkylation sites (tertiary alicyclic amines) is 1. The van der Waals surface area contributed by atoms with E-state index in [9.17, 15) is 9.90 Å². The summed E-state index contributed by atoms with van der Waals surface area (Å²) < 4.78 is 10.3. The maximum atomic E-state index is 11.6. The van der Waals surface area contributed by atoms with Crippen molar-refractivity contribution in [1.29, 1.82) is 0 Å². The Morgan fingerprint density at radius 3 is 2.59 bits per heavy atom. The summed E-state index contributed by atoms with van der Waals surface area (Å²) in [5.41, 5.74) is 7.28. The number of carboxylic acid groups (broad SMARTS) is 1. The standard InChI is InChI=1S/C30H37N5O3Si/c1-21-5-7-22(8-6-21)25-18-34(20-38-13-14-39(2,3)4)28-24(25)15-23(17-31-28)26-16-27-30(10-12-35(27)32-26)9-11-33(19-30)29(36)37/h5-8,15-18H,9-14,19-20H2,1-4H3,(H,36,37). The lowest BCUT2D eigenvalue weighted by molar-refractivity contribution is 0.0899. The SMILES string of the molecule is Cc1ccc(-c2cn(COCC[Si](C)(C)C)c3ncc(-c4cc5n(n4)CCC54CCN(C(=O)O)C4)cc23)cc1. The molecule has 8 nitrogen and oxygen atoms in total. The minimum Gasteiger partial charge on any atom is -0.465 e. The van der Waals surface area contributed by atoms with Gasteiger partial charge in [0.2, 0.25) is 0 Å². The molecule has 3 aromatic heterocycles. The second kappa shape index (κ2) is 9.64. The number of hydrogen-bond donors (Lipinski definition) is 1. The number of aromatic nitrogens is 4. The summed E-state index contributed by atoms with van der Waals surface area (Å²) in [5, 5.41) is 15.5. The van der Waals surface area contributed by atoms with Crippen molar-refractivity contribution in [3.8, 4) is 22.4 Å².